The van der Waals surface area contributed by atoms with Crippen molar-refractivity contribution in [2.75, 3.05) is 0 Å². The molecular formula is C10H11NO. The molecule has 0 saturated heterocycles. The summed E-state index contributed by atoms with van der Waals surface area (Å²) in [5, 5.41) is 4.87. The highest BCUT2D eigenvalue weighted by Gasteiger charge is 2.02. The van der Waals surface area contributed by atoms with Crippen LogP contribution in [-0.4, -0.2) is 5.16 Å². The minimum absolute atomic E-state index is 0.909. The normalized spacial score (nSPS) is 10.8. The minimum Gasteiger partial charge on any atom is -0.356 e. The molecule has 62 valence electrons. The fraction of sp³-hybridized carbons (Fsp3) is 0.300. The third-order valence-electron chi connectivity index (χ3n) is 2.11. The lowest BCUT2D eigenvalue weighted by Crippen LogP contribution is -1.81. The van der Waals surface area contributed by atoms with Crippen LogP contribution in [0.5, 0.6) is 0 Å². The SMILES string of the molecule is CCc1cc(C)c2oncc2c1. The summed E-state index contributed by atoms with van der Waals surface area (Å²) in [6.07, 6.45) is 2.82. The summed E-state index contributed by atoms with van der Waals surface area (Å²) in [7, 11) is 0. The van der Waals surface area contributed by atoms with E-state index in [0.29, 0.717) is 0 Å². The van der Waals surface area contributed by atoms with Crippen LogP contribution in [-0.2, 0) is 6.42 Å². The highest BCUT2D eigenvalue weighted by atomic mass is 16.5. The molecule has 0 radical (unpaired) electrons. The molecule has 0 fully saturated rings. The standard InChI is InChI=1S/C10H11NO/c1-3-8-4-7(2)10-9(5-8)6-11-12-10/h4-6H,3H2,1-2H3. The largest absolute Gasteiger partial charge is 0.356 e. The lowest BCUT2D eigenvalue weighted by atomic mass is 10.1. The van der Waals surface area contributed by atoms with Crippen LogP contribution in [0, 0.1) is 6.92 Å². The van der Waals surface area contributed by atoms with E-state index in [2.05, 4.69) is 24.2 Å². The first-order valence-corrected chi connectivity index (χ1v) is 4.15. The molecule has 12 heavy (non-hydrogen) atoms. The van der Waals surface area contributed by atoms with Gasteiger partial charge in [0.15, 0.2) is 5.58 Å². The fourth-order valence-electron chi connectivity index (χ4n) is 1.44. The van der Waals surface area contributed by atoms with Crippen LogP contribution in [0.2, 0.25) is 0 Å². The number of fused-ring (bicyclic) bond motifs is 1. The molecule has 2 heteroatoms. The maximum Gasteiger partial charge on any atom is 0.169 e. The van der Waals surface area contributed by atoms with E-state index in [-0.39, 0.29) is 0 Å². The number of nitrogens with zero attached hydrogens (tertiary/aromatic N) is 1. The van der Waals surface area contributed by atoms with E-state index >= 15 is 0 Å². The quantitative estimate of drug-likeness (QED) is 0.642. The second kappa shape index (κ2) is 2.63. The lowest BCUT2D eigenvalue weighted by molar-refractivity contribution is 0.455. The van der Waals surface area contributed by atoms with Gasteiger partial charge in [0, 0.05) is 5.39 Å². The zero-order chi connectivity index (χ0) is 8.55. The summed E-state index contributed by atoms with van der Waals surface area (Å²) in [4.78, 5) is 0. The van der Waals surface area contributed by atoms with Gasteiger partial charge in [0.1, 0.15) is 0 Å². The molecule has 0 aliphatic carbocycles. The van der Waals surface area contributed by atoms with Crippen LogP contribution in [0.25, 0.3) is 11.0 Å². The van der Waals surface area contributed by atoms with Gasteiger partial charge in [0.25, 0.3) is 0 Å². The van der Waals surface area contributed by atoms with Crippen LogP contribution in [0.4, 0.5) is 0 Å². The maximum atomic E-state index is 5.10. The monoisotopic (exact) mass is 161 g/mol. The molecule has 0 atom stereocenters. The van der Waals surface area contributed by atoms with Crippen molar-refractivity contribution >= 4 is 11.0 Å². The molecule has 0 unspecified atom stereocenters. The summed E-state index contributed by atoms with van der Waals surface area (Å²) in [5.41, 5.74) is 3.41. The van der Waals surface area contributed by atoms with E-state index in [9.17, 15) is 0 Å². The van der Waals surface area contributed by atoms with E-state index < -0.39 is 0 Å². The van der Waals surface area contributed by atoms with Gasteiger partial charge >= 0.3 is 0 Å². The summed E-state index contributed by atoms with van der Waals surface area (Å²) < 4.78 is 5.10. The predicted molar refractivity (Wildman–Crippen MR) is 48.1 cm³/mol. The molecule has 1 heterocycles. The zero-order valence-electron chi connectivity index (χ0n) is 7.29. The Bertz CT molecular complexity index is 403. The Labute approximate surface area is 71.2 Å². The van der Waals surface area contributed by atoms with Crippen molar-refractivity contribution in [2.45, 2.75) is 20.3 Å². The third-order valence-corrected chi connectivity index (χ3v) is 2.11. The third kappa shape index (κ3) is 0.998. The predicted octanol–water partition coefficient (Wildman–Crippen LogP) is 2.70. The molecule has 0 amide bonds. The van der Waals surface area contributed by atoms with Gasteiger partial charge in [-0.15, -0.1) is 0 Å². The summed E-state index contributed by atoms with van der Waals surface area (Å²) in [5.74, 6) is 0. The number of rotatable bonds is 1. The second-order valence-electron chi connectivity index (χ2n) is 3.01. The first kappa shape index (κ1) is 7.35. The number of benzene rings is 1. The van der Waals surface area contributed by atoms with Gasteiger partial charge in [-0.2, -0.15) is 0 Å². The Hall–Kier alpha value is -1.31. The van der Waals surface area contributed by atoms with Crippen LogP contribution in [0.1, 0.15) is 18.1 Å². The number of aromatic nitrogens is 1. The average molecular weight is 161 g/mol. The lowest BCUT2D eigenvalue weighted by Gasteiger charge is -1.98. The number of hydrogen-bond donors (Lipinski definition) is 0. The number of aryl methyl sites for hydroxylation is 2. The van der Waals surface area contributed by atoms with E-state index in [1.54, 1.807) is 6.20 Å². The molecule has 0 saturated carbocycles. The van der Waals surface area contributed by atoms with Gasteiger partial charge in [0.05, 0.1) is 6.20 Å². The fourth-order valence-corrected chi connectivity index (χ4v) is 1.44. The molecular weight excluding hydrogens is 150 g/mol. The topological polar surface area (TPSA) is 26.0 Å². The van der Waals surface area contributed by atoms with E-state index in [0.717, 1.165) is 17.4 Å². The van der Waals surface area contributed by atoms with Crippen LogP contribution >= 0.6 is 0 Å². The van der Waals surface area contributed by atoms with Crippen molar-refractivity contribution in [3.63, 3.8) is 0 Å². The van der Waals surface area contributed by atoms with Crippen molar-refractivity contribution in [1.29, 1.82) is 0 Å². The summed E-state index contributed by atoms with van der Waals surface area (Å²) in [6.45, 7) is 4.20. The Balaban J connectivity index is 2.75. The molecule has 2 nitrogen and oxygen atoms in total. The Morgan fingerprint density at radius 3 is 3.00 bits per heavy atom. The first-order chi connectivity index (χ1) is 5.81. The highest BCUT2D eigenvalue weighted by Crippen LogP contribution is 2.20. The van der Waals surface area contributed by atoms with Crippen LogP contribution < -0.4 is 0 Å². The van der Waals surface area contributed by atoms with Crippen molar-refractivity contribution in [3.8, 4) is 0 Å². The molecule has 0 bridgehead atoms. The second-order valence-corrected chi connectivity index (χ2v) is 3.01. The minimum atomic E-state index is 0.909. The molecule has 2 rings (SSSR count). The molecule has 0 spiro atoms. The van der Waals surface area contributed by atoms with Crippen LogP contribution in [0.15, 0.2) is 22.9 Å². The maximum absolute atomic E-state index is 5.10. The first-order valence-electron chi connectivity index (χ1n) is 4.15. The summed E-state index contributed by atoms with van der Waals surface area (Å²) in [6, 6.07) is 4.27. The van der Waals surface area contributed by atoms with E-state index in [1.165, 1.54) is 11.1 Å². The average Bonchev–Trinajstić information content (AvgIpc) is 2.52. The van der Waals surface area contributed by atoms with Gasteiger partial charge in [-0.25, -0.2) is 0 Å². The molecule has 1 aromatic carbocycles. The Kier molecular flexibility index (Phi) is 1.61. The molecule has 1 aromatic heterocycles. The molecule has 0 aliphatic rings. The highest BCUT2D eigenvalue weighted by molar-refractivity contribution is 5.79. The molecule has 0 N–H and O–H groups in total. The summed E-state index contributed by atoms with van der Waals surface area (Å²) >= 11 is 0. The zero-order valence-corrected chi connectivity index (χ0v) is 7.29. The van der Waals surface area contributed by atoms with Crippen molar-refractivity contribution < 1.29 is 4.52 Å². The Morgan fingerprint density at radius 2 is 2.25 bits per heavy atom. The number of hydrogen-bond acceptors (Lipinski definition) is 2. The van der Waals surface area contributed by atoms with E-state index in [4.69, 9.17) is 4.52 Å². The van der Waals surface area contributed by atoms with Crippen molar-refractivity contribution in [3.05, 3.63) is 29.5 Å². The van der Waals surface area contributed by atoms with Gasteiger partial charge in [-0.1, -0.05) is 18.1 Å². The van der Waals surface area contributed by atoms with Gasteiger partial charge in [0.2, 0.25) is 0 Å². The Morgan fingerprint density at radius 1 is 1.42 bits per heavy atom. The molecule has 0 aliphatic heterocycles. The molecule has 2 aromatic rings. The van der Waals surface area contributed by atoms with E-state index in [1.807, 2.05) is 6.92 Å². The van der Waals surface area contributed by atoms with Crippen LogP contribution in [0.3, 0.4) is 0 Å². The van der Waals surface area contributed by atoms with Gasteiger partial charge in [-0.05, 0) is 30.5 Å². The van der Waals surface area contributed by atoms with Crippen molar-refractivity contribution in [2.24, 2.45) is 0 Å². The van der Waals surface area contributed by atoms with Crippen molar-refractivity contribution in [1.82, 2.24) is 5.16 Å². The smallest absolute Gasteiger partial charge is 0.169 e. The van der Waals surface area contributed by atoms with Gasteiger partial charge in [-0.3, -0.25) is 0 Å². The van der Waals surface area contributed by atoms with Gasteiger partial charge < -0.3 is 4.52 Å².